The van der Waals surface area contributed by atoms with Crippen LogP contribution in [-0.4, -0.2) is 4.98 Å². The van der Waals surface area contributed by atoms with Crippen molar-refractivity contribution in [2.75, 3.05) is 0 Å². The van der Waals surface area contributed by atoms with Crippen LogP contribution in [0.15, 0.2) is 36.5 Å². The Morgan fingerprint density at radius 1 is 1.22 bits per heavy atom. The number of aryl methyl sites for hydroxylation is 1. The van der Waals surface area contributed by atoms with E-state index in [0.717, 1.165) is 17.3 Å². The van der Waals surface area contributed by atoms with Crippen LogP contribution in [0.25, 0.3) is 0 Å². The second-order valence-electron chi connectivity index (χ2n) is 4.14. The molecule has 1 heterocycles. The fourth-order valence-electron chi connectivity index (χ4n) is 1.78. The van der Waals surface area contributed by atoms with E-state index in [-0.39, 0.29) is 4.83 Å². The van der Waals surface area contributed by atoms with Gasteiger partial charge in [0, 0.05) is 29.2 Å². The van der Waals surface area contributed by atoms with E-state index in [1.807, 2.05) is 19.1 Å². The first-order chi connectivity index (χ1) is 8.56. The maximum Gasteiger partial charge on any atom is 0.126 e. The zero-order valence-electron chi connectivity index (χ0n) is 9.83. The molecule has 1 aromatic carbocycles. The summed E-state index contributed by atoms with van der Waals surface area (Å²) in [6.45, 7) is 1.97. The maximum absolute atomic E-state index is 13.1. The molecule has 1 atom stereocenters. The third kappa shape index (κ3) is 3.13. The van der Waals surface area contributed by atoms with Crippen LogP contribution in [0.1, 0.15) is 21.6 Å². The lowest BCUT2D eigenvalue weighted by Crippen LogP contribution is -2.01. The quantitative estimate of drug-likeness (QED) is 0.768. The summed E-state index contributed by atoms with van der Waals surface area (Å²) in [4.78, 5) is 4.11. The SMILES string of the molecule is Cc1cccnc1CC(Br)c1cc(F)cc(F)c1. The molecule has 1 unspecified atom stereocenters. The molecular formula is C14H12BrF2N. The Morgan fingerprint density at radius 2 is 1.89 bits per heavy atom. The molecule has 4 heteroatoms. The van der Waals surface area contributed by atoms with E-state index in [4.69, 9.17) is 0 Å². The molecule has 0 N–H and O–H groups in total. The first-order valence-electron chi connectivity index (χ1n) is 5.57. The minimum Gasteiger partial charge on any atom is -0.261 e. The summed E-state index contributed by atoms with van der Waals surface area (Å²) in [5, 5.41) is 0. The Morgan fingerprint density at radius 3 is 2.50 bits per heavy atom. The van der Waals surface area contributed by atoms with Gasteiger partial charge in [0.05, 0.1) is 0 Å². The maximum atomic E-state index is 13.1. The molecule has 94 valence electrons. The van der Waals surface area contributed by atoms with Crippen LogP contribution in [0.5, 0.6) is 0 Å². The molecule has 0 aliphatic heterocycles. The predicted octanol–water partition coefficient (Wildman–Crippen LogP) is 4.35. The fraction of sp³-hybridized carbons (Fsp3) is 0.214. The first-order valence-corrected chi connectivity index (χ1v) is 6.48. The first kappa shape index (κ1) is 13.1. The molecule has 0 bridgehead atoms. The Hall–Kier alpha value is -1.29. The van der Waals surface area contributed by atoms with Crippen LogP contribution in [0, 0.1) is 18.6 Å². The highest BCUT2D eigenvalue weighted by molar-refractivity contribution is 9.09. The van der Waals surface area contributed by atoms with Crippen molar-refractivity contribution in [1.82, 2.24) is 4.98 Å². The van der Waals surface area contributed by atoms with E-state index in [2.05, 4.69) is 20.9 Å². The van der Waals surface area contributed by atoms with Gasteiger partial charge in [-0.3, -0.25) is 4.98 Å². The summed E-state index contributed by atoms with van der Waals surface area (Å²) >= 11 is 3.45. The number of hydrogen-bond acceptors (Lipinski definition) is 1. The molecule has 0 fully saturated rings. The summed E-state index contributed by atoms with van der Waals surface area (Å²) in [6, 6.07) is 7.37. The molecule has 1 aromatic heterocycles. The lowest BCUT2D eigenvalue weighted by molar-refractivity contribution is 0.579. The van der Waals surface area contributed by atoms with Crippen LogP contribution in [0.2, 0.25) is 0 Å². The monoisotopic (exact) mass is 311 g/mol. The number of hydrogen-bond donors (Lipinski definition) is 0. The average Bonchev–Trinajstić information content (AvgIpc) is 2.31. The van der Waals surface area contributed by atoms with Gasteiger partial charge in [-0.2, -0.15) is 0 Å². The van der Waals surface area contributed by atoms with Crippen LogP contribution >= 0.6 is 15.9 Å². The lowest BCUT2D eigenvalue weighted by atomic mass is 10.0. The van der Waals surface area contributed by atoms with Gasteiger partial charge in [-0.15, -0.1) is 0 Å². The molecule has 0 radical (unpaired) electrons. The van der Waals surface area contributed by atoms with Gasteiger partial charge >= 0.3 is 0 Å². The number of aromatic nitrogens is 1. The molecule has 0 spiro atoms. The van der Waals surface area contributed by atoms with Gasteiger partial charge < -0.3 is 0 Å². The van der Waals surface area contributed by atoms with E-state index in [1.54, 1.807) is 6.20 Å². The van der Waals surface area contributed by atoms with E-state index in [9.17, 15) is 8.78 Å². The highest BCUT2D eigenvalue weighted by atomic mass is 79.9. The van der Waals surface area contributed by atoms with Gasteiger partial charge in [-0.05, 0) is 36.2 Å². The van der Waals surface area contributed by atoms with Crippen LogP contribution < -0.4 is 0 Å². The molecule has 18 heavy (non-hydrogen) atoms. The summed E-state index contributed by atoms with van der Waals surface area (Å²) in [7, 11) is 0. The van der Waals surface area contributed by atoms with Crippen LogP contribution in [0.3, 0.4) is 0 Å². The number of nitrogens with zero attached hydrogens (tertiary/aromatic N) is 1. The second kappa shape index (κ2) is 5.57. The van der Waals surface area contributed by atoms with Crippen molar-refractivity contribution in [3.8, 4) is 0 Å². The minimum atomic E-state index is -0.563. The normalized spacial score (nSPS) is 12.4. The highest BCUT2D eigenvalue weighted by Gasteiger charge is 2.13. The van der Waals surface area contributed by atoms with E-state index < -0.39 is 11.6 Å². The standard InChI is InChI=1S/C14H12BrF2N/c1-9-3-2-4-18-14(9)8-13(15)10-5-11(16)7-12(17)6-10/h2-7,13H,8H2,1H3. The summed E-state index contributed by atoms with van der Waals surface area (Å²) < 4.78 is 26.3. The van der Waals surface area contributed by atoms with Crippen molar-refractivity contribution < 1.29 is 8.78 Å². The molecule has 0 aliphatic carbocycles. The number of rotatable bonds is 3. The van der Waals surface area contributed by atoms with Crippen LogP contribution in [0.4, 0.5) is 8.78 Å². The van der Waals surface area contributed by atoms with Crippen molar-refractivity contribution in [2.45, 2.75) is 18.2 Å². The van der Waals surface area contributed by atoms with E-state index >= 15 is 0 Å². The second-order valence-corrected chi connectivity index (χ2v) is 5.25. The fourth-order valence-corrected chi connectivity index (χ4v) is 2.35. The Kier molecular flexibility index (Phi) is 4.07. The van der Waals surface area contributed by atoms with Crippen molar-refractivity contribution in [1.29, 1.82) is 0 Å². The molecule has 0 saturated carbocycles. The molecule has 0 amide bonds. The van der Waals surface area contributed by atoms with Crippen molar-refractivity contribution in [3.63, 3.8) is 0 Å². The summed E-state index contributed by atoms with van der Waals surface area (Å²) in [6.07, 6.45) is 2.31. The summed E-state index contributed by atoms with van der Waals surface area (Å²) in [5.41, 5.74) is 2.57. The van der Waals surface area contributed by atoms with Gasteiger partial charge in [0.25, 0.3) is 0 Å². The lowest BCUT2D eigenvalue weighted by Gasteiger charge is -2.11. The van der Waals surface area contributed by atoms with Gasteiger partial charge in [-0.25, -0.2) is 8.78 Å². The molecule has 0 saturated heterocycles. The summed E-state index contributed by atoms with van der Waals surface area (Å²) in [5.74, 6) is -1.13. The van der Waals surface area contributed by atoms with E-state index in [0.29, 0.717) is 12.0 Å². The highest BCUT2D eigenvalue weighted by Crippen LogP contribution is 2.28. The van der Waals surface area contributed by atoms with Gasteiger partial charge in [0.15, 0.2) is 0 Å². The van der Waals surface area contributed by atoms with Gasteiger partial charge in [0.1, 0.15) is 11.6 Å². The van der Waals surface area contributed by atoms with Gasteiger partial charge in [0.2, 0.25) is 0 Å². The Labute approximate surface area is 113 Å². The Balaban J connectivity index is 2.22. The molecule has 0 aliphatic rings. The topological polar surface area (TPSA) is 12.9 Å². The number of alkyl halides is 1. The zero-order chi connectivity index (χ0) is 13.1. The predicted molar refractivity (Wildman–Crippen MR) is 70.7 cm³/mol. The zero-order valence-corrected chi connectivity index (χ0v) is 11.4. The average molecular weight is 312 g/mol. The van der Waals surface area contributed by atoms with Crippen molar-refractivity contribution in [3.05, 3.63) is 65.0 Å². The number of halogens is 3. The molecule has 2 rings (SSSR count). The smallest absolute Gasteiger partial charge is 0.126 e. The number of benzene rings is 1. The largest absolute Gasteiger partial charge is 0.261 e. The van der Waals surface area contributed by atoms with E-state index in [1.165, 1.54) is 12.1 Å². The third-order valence-electron chi connectivity index (χ3n) is 2.74. The van der Waals surface area contributed by atoms with Crippen LogP contribution in [-0.2, 0) is 6.42 Å². The van der Waals surface area contributed by atoms with Crippen molar-refractivity contribution >= 4 is 15.9 Å². The molecule has 1 nitrogen and oxygen atoms in total. The third-order valence-corrected chi connectivity index (χ3v) is 3.59. The van der Waals surface area contributed by atoms with Gasteiger partial charge in [-0.1, -0.05) is 22.0 Å². The molecule has 2 aromatic rings. The minimum absolute atomic E-state index is 0.156. The number of pyridine rings is 1. The van der Waals surface area contributed by atoms with Crippen molar-refractivity contribution in [2.24, 2.45) is 0 Å². The molecular weight excluding hydrogens is 300 g/mol. The Bertz CT molecular complexity index is 537.